The Labute approximate surface area is 128 Å². The molecule has 20 heavy (non-hydrogen) atoms. The normalized spacial score (nSPS) is 18.6. The molecule has 3 nitrogen and oxygen atoms in total. The summed E-state index contributed by atoms with van der Waals surface area (Å²) in [6.07, 6.45) is 4.97. The number of hydrogen-bond acceptors (Lipinski definition) is 4. The van der Waals surface area contributed by atoms with Gasteiger partial charge in [0, 0.05) is 36.9 Å². The van der Waals surface area contributed by atoms with Gasteiger partial charge in [-0.2, -0.15) is 0 Å². The van der Waals surface area contributed by atoms with Crippen LogP contribution in [0.15, 0.2) is 36.7 Å². The predicted octanol–water partition coefficient (Wildman–Crippen LogP) is 3.18. The van der Waals surface area contributed by atoms with Crippen LogP contribution in [0.3, 0.4) is 0 Å². The lowest BCUT2D eigenvalue weighted by Crippen LogP contribution is -2.32. The van der Waals surface area contributed by atoms with Gasteiger partial charge < -0.3 is 5.32 Å². The molecule has 0 bridgehead atoms. The Morgan fingerprint density at radius 1 is 1.25 bits per heavy atom. The average Bonchev–Trinajstić information content (AvgIpc) is 2.74. The van der Waals surface area contributed by atoms with E-state index in [0.717, 1.165) is 30.5 Å². The van der Waals surface area contributed by atoms with Gasteiger partial charge in [-0.1, -0.05) is 17.7 Å². The van der Waals surface area contributed by atoms with Crippen molar-refractivity contribution in [2.45, 2.75) is 12.5 Å². The highest BCUT2D eigenvalue weighted by Crippen LogP contribution is 2.35. The van der Waals surface area contributed by atoms with Gasteiger partial charge in [0.2, 0.25) is 0 Å². The first kappa shape index (κ1) is 14.0. The Morgan fingerprint density at radius 2 is 2.20 bits per heavy atom. The fraction of sp³-hybridized carbons (Fsp3) is 0.400. The van der Waals surface area contributed by atoms with Gasteiger partial charge in [-0.3, -0.25) is 9.88 Å². The largest absolute Gasteiger partial charge is 0.315 e. The van der Waals surface area contributed by atoms with Crippen molar-refractivity contribution in [1.29, 1.82) is 0 Å². The third-order valence-corrected chi connectivity index (χ3v) is 4.89. The molecule has 1 N–H and O–H groups in total. The van der Waals surface area contributed by atoms with Crippen molar-refractivity contribution in [2.24, 2.45) is 0 Å². The van der Waals surface area contributed by atoms with Crippen molar-refractivity contribution >= 4 is 22.9 Å². The molecular weight excluding hydrogens is 290 g/mol. The van der Waals surface area contributed by atoms with E-state index in [0.29, 0.717) is 0 Å². The average molecular weight is 308 g/mol. The van der Waals surface area contributed by atoms with Crippen LogP contribution in [0.5, 0.6) is 0 Å². The minimum atomic E-state index is 0.265. The van der Waals surface area contributed by atoms with Gasteiger partial charge in [0.15, 0.2) is 0 Å². The Bertz CT molecular complexity index is 535. The van der Waals surface area contributed by atoms with Gasteiger partial charge in [-0.15, -0.1) is 11.3 Å². The molecule has 1 aliphatic rings. The fourth-order valence-electron chi connectivity index (χ4n) is 2.69. The zero-order valence-corrected chi connectivity index (χ0v) is 12.8. The minimum Gasteiger partial charge on any atom is -0.315 e. The molecule has 106 valence electrons. The SMILES string of the molecule is Clc1ccc(C(c2cccnc2)N2CCCNCC2)s1. The van der Waals surface area contributed by atoms with E-state index < -0.39 is 0 Å². The van der Waals surface area contributed by atoms with E-state index in [4.69, 9.17) is 11.6 Å². The van der Waals surface area contributed by atoms with Crippen LogP contribution in [-0.4, -0.2) is 36.1 Å². The maximum atomic E-state index is 6.14. The summed E-state index contributed by atoms with van der Waals surface area (Å²) < 4.78 is 0.849. The molecule has 3 rings (SSSR count). The maximum Gasteiger partial charge on any atom is 0.0931 e. The van der Waals surface area contributed by atoms with Crippen molar-refractivity contribution < 1.29 is 0 Å². The van der Waals surface area contributed by atoms with Crippen LogP contribution >= 0.6 is 22.9 Å². The highest BCUT2D eigenvalue weighted by Gasteiger charge is 2.24. The van der Waals surface area contributed by atoms with E-state index in [1.54, 1.807) is 11.3 Å². The minimum absolute atomic E-state index is 0.265. The molecule has 1 unspecified atom stereocenters. The first-order valence-corrected chi connectivity index (χ1v) is 8.14. The lowest BCUT2D eigenvalue weighted by molar-refractivity contribution is 0.243. The van der Waals surface area contributed by atoms with Gasteiger partial charge in [0.05, 0.1) is 10.4 Å². The summed E-state index contributed by atoms with van der Waals surface area (Å²) in [6.45, 7) is 4.29. The lowest BCUT2D eigenvalue weighted by Gasteiger charge is -2.29. The van der Waals surface area contributed by atoms with Crippen LogP contribution in [0.4, 0.5) is 0 Å². The standard InChI is InChI=1S/C15H18ClN3S/c16-14-5-4-13(20-14)15(12-3-1-6-18-11-12)19-9-2-7-17-8-10-19/h1,3-6,11,15,17H,2,7-10H2. The Hall–Kier alpha value is -0.940. The highest BCUT2D eigenvalue weighted by molar-refractivity contribution is 7.16. The zero-order valence-electron chi connectivity index (χ0n) is 11.3. The van der Waals surface area contributed by atoms with E-state index in [2.05, 4.69) is 27.3 Å². The second-order valence-electron chi connectivity index (χ2n) is 4.97. The molecule has 1 saturated heterocycles. The Kier molecular flexibility index (Phi) is 4.68. The van der Waals surface area contributed by atoms with Crippen LogP contribution in [0.1, 0.15) is 22.9 Å². The molecule has 2 aromatic heterocycles. The Balaban J connectivity index is 1.94. The van der Waals surface area contributed by atoms with Crippen LogP contribution in [0.25, 0.3) is 0 Å². The van der Waals surface area contributed by atoms with Crippen molar-refractivity contribution in [2.75, 3.05) is 26.2 Å². The Morgan fingerprint density at radius 3 is 2.95 bits per heavy atom. The topological polar surface area (TPSA) is 28.2 Å². The zero-order chi connectivity index (χ0) is 13.8. The van der Waals surface area contributed by atoms with E-state index in [1.807, 2.05) is 24.5 Å². The summed E-state index contributed by atoms with van der Waals surface area (Å²) in [6, 6.07) is 8.56. The first-order chi connectivity index (χ1) is 9.84. The van der Waals surface area contributed by atoms with Crippen LogP contribution in [-0.2, 0) is 0 Å². The molecule has 0 saturated carbocycles. The summed E-state index contributed by atoms with van der Waals surface area (Å²) in [5.41, 5.74) is 1.24. The predicted molar refractivity (Wildman–Crippen MR) is 84.5 cm³/mol. The molecule has 0 aromatic carbocycles. The third kappa shape index (κ3) is 3.20. The van der Waals surface area contributed by atoms with Gasteiger partial charge in [-0.25, -0.2) is 0 Å². The smallest absolute Gasteiger partial charge is 0.0931 e. The van der Waals surface area contributed by atoms with Crippen LogP contribution in [0.2, 0.25) is 4.34 Å². The first-order valence-electron chi connectivity index (χ1n) is 6.94. The number of hydrogen-bond donors (Lipinski definition) is 1. The highest BCUT2D eigenvalue weighted by atomic mass is 35.5. The number of nitrogens with zero attached hydrogens (tertiary/aromatic N) is 2. The number of pyridine rings is 1. The molecule has 3 heterocycles. The van der Waals surface area contributed by atoms with Gasteiger partial charge in [-0.05, 0) is 36.7 Å². The van der Waals surface area contributed by atoms with Crippen molar-refractivity contribution in [3.63, 3.8) is 0 Å². The molecule has 1 atom stereocenters. The van der Waals surface area contributed by atoms with Crippen molar-refractivity contribution in [3.8, 4) is 0 Å². The van der Waals surface area contributed by atoms with E-state index in [1.165, 1.54) is 16.9 Å². The molecule has 1 aliphatic heterocycles. The summed E-state index contributed by atoms with van der Waals surface area (Å²) in [5.74, 6) is 0. The molecule has 0 amide bonds. The van der Waals surface area contributed by atoms with Gasteiger partial charge in [0.1, 0.15) is 0 Å². The fourth-order valence-corrected chi connectivity index (χ4v) is 3.92. The number of thiophene rings is 1. The maximum absolute atomic E-state index is 6.14. The molecule has 2 aromatic rings. The van der Waals surface area contributed by atoms with Crippen LogP contribution in [0, 0.1) is 0 Å². The van der Waals surface area contributed by atoms with Gasteiger partial charge >= 0.3 is 0 Å². The molecular formula is C15H18ClN3S. The van der Waals surface area contributed by atoms with E-state index >= 15 is 0 Å². The van der Waals surface area contributed by atoms with E-state index in [9.17, 15) is 0 Å². The second-order valence-corrected chi connectivity index (χ2v) is 6.72. The summed E-state index contributed by atoms with van der Waals surface area (Å²) in [4.78, 5) is 8.11. The molecule has 0 spiro atoms. The van der Waals surface area contributed by atoms with Gasteiger partial charge in [0.25, 0.3) is 0 Å². The molecule has 0 radical (unpaired) electrons. The van der Waals surface area contributed by atoms with Crippen molar-refractivity contribution in [3.05, 3.63) is 51.4 Å². The quantitative estimate of drug-likeness (QED) is 0.944. The summed E-state index contributed by atoms with van der Waals surface area (Å²) in [5, 5.41) is 3.46. The lowest BCUT2D eigenvalue weighted by atomic mass is 10.1. The third-order valence-electron chi connectivity index (χ3n) is 3.60. The number of aromatic nitrogens is 1. The second kappa shape index (κ2) is 6.68. The monoisotopic (exact) mass is 307 g/mol. The van der Waals surface area contributed by atoms with Crippen molar-refractivity contribution in [1.82, 2.24) is 15.2 Å². The van der Waals surface area contributed by atoms with E-state index in [-0.39, 0.29) is 6.04 Å². The molecule has 0 aliphatic carbocycles. The molecule has 5 heteroatoms. The number of nitrogens with one attached hydrogen (secondary N) is 1. The summed E-state index contributed by atoms with van der Waals surface area (Å²) >= 11 is 7.80. The molecule has 1 fully saturated rings. The van der Waals surface area contributed by atoms with Crippen LogP contribution < -0.4 is 5.32 Å². The number of rotatable bonds is 3. The summed E-state index contributed by atoms with van der Waals surface area (Å²) in [7, 11) is 0. The number of halogens is 1.